The number of carbonyl (C=O) groups excluding carboxylic acids is 1. The van der Waals surface area contributed by atoms with Gasteiger partial charge in [0.05, 0.1) is 12.6 Å². The van der Waals surface area contributed by atoms with Gasteiger partial charge in [-0.15, -0.1) is 0 Å². The second-order valence-corrected chi connectivity index (χ2v) is 5.59. The molecule has 0 aliphatic heterocycles. The summed E-state index contributed by atoms with van der Waals surface area (Å²) in [7, 11) is 0. The standard InChI is InChI=1S/C18H17ClN2O2/c1-2-23-18(22)17-15(12-8-4-6-10-14(12)21-17)16(20)11-7-3-5-9-13(11)19/h3-10,16,21H,2,20H2,1H3/t16-/m0/s1. The van der Waals surface area contributed by atoms with Gasteiger partial charge in [-0.1, -0.05) is 48.0 Å². The molecule has 0 spiro atoms. The van der Waals surface area contributed by atoms with Crippen LogP contribution >= 0.6 is 11.6 Å². The van der Waals surface area contributed by atoms with Crippen molar-refractivity contribution < 1.29 is 9.53 Å². The monoisotopic (exact) mass is 328 g/mol. The first-order valence-corrected chi connectivity index (χ1v) is 7.79. The van der Waals surface area contributed by atoms with Gasteiger partial charge in [-0.05, 0) is 24.6 Å². The number of nitrogens with one attached hydrogen (secondary N) is 1. The molecule has 5 heteroatoms. The van der Waals surface area contributed by atoms with Crippen LogP contribution in [0, 0.1) is 0 Å². The van der Waals surface area contributed by atoms with E-state index >= 15 is 0 Å². The molecule has 3 rings (SSSR count). The van der Waals surface area contributed by atoms with E-state index < -0.39 is 12.0 Å². The summed E-state index contributed by atoms with van der Waals surface area (Å²) in [5, 5.41) is 1.46. The molecule has 0 fully saturated rings. The Labute approximate surface area is 139 Å². The van der Waals surface area contributed by atoms with Gasteiger partial charge in [-0.2, -0.15) is 0 Å². The molecule has 0 saturated heterocycles. The van der Waals surface area contributed by atoms with Crippen molar-refractivity contribution in [1.29, 1.82) is 0 Å². The average molecular weight is 329 g/mol. The summed E-state index contributed by atoms with van der Waals surface area (Å²) < 4.78 is 5.16. The van der Waals surface area contributed by atoms with Crippen molar-refractivity contribution in [2.24, 2.45) is 5.73 Å². The molecular formula is C18H17ClN2O2. The maximum Gasteiger partial charge on any atom is 0.355 e. The zero-order valence-corrected chi connectivity index (χ0v) is 13.4. The average Bonchev–Trinajstić information content (AvgIpc) is 2.94. The SMILES string of the molecule is CCOC(=O)c1[nH]c2ccccc2c1[C@@H](N)c1ccccc1Cl. The predicted octanol–water partition coefficient (Wildman–Crippen LogP) is 4.05. The lowest BCUT2D eigenvalue weighted by molar-refractivity contribution is 0.0519. The third-order valence-corrected chi connectivity index (χ3v) is 4.12. The van der Waals surface area contributed by atoms with E-state index in [-0.39, 0.29) is 0 Å². The molecule has 0 aliphatic rings. The Kier molecular flexibility index (Phi) is 4.37. The number of hydrogen-bond acceptors (Lipinski definition) is 3. The summed E-state index contributed by atoms with van der Waals surface area (Å²) in [6.45, 7) is 2.07. The summed E-state index contributed by atoms with van der Waals surface area (Å²) >= 11 is 6.27. The molecule has 0 unspecified atom stereocenters. The van der Waals surface area contributed by atoms with Crippen molar-refractivity contribution in [3.05, 3.63) is 70.4 Å². The quantitative estimate of drug-likeness (QED) is 0.710. The summed E-state index contributed by atoms with van der Waals surface area (Å²) in [5.41, 5.74) is 9.14. The Bertz CT molecular complexity index is 857. The van der Waals surface area contributed by atoms with Crippen molar-refractivity contribution in [2.75, 3.05) is 6.61 Å². The molecule has 0 saturated carbocycles. The maximum absolute atomic E-state index is 12.3. The van der Waals surface area contributed by atoms with E-state index in [0.717, 1.165) is 16.5 Å². The molecular weight excluding hydrogens is 312 g/mol. The van der Waals surface area contributed by atoms with Crippen LogP contribution < -0.4 is 5.73 Å². The normalized spacial score (nSPS) is 12.3. The number of esters is 1. The fourth-order valence-corrected chi connectivity index (χ4v) is 2.99. The highest BCUT2D eigenvalue weighted by Crippen LogP contribution is 2.33. The number of nitrogens with two attached hydrogens (primary N) is 1. The van der Waals surface area contributed by atoms with Crippen LogP contribution in [0.15, 0.2) is 48.5 Å². The number of rotatable bonds is 4. The lowest BCUT2D eigenvalue weighted by Crippen LogP contribution is -2.17. The van der Waals surface area contributed by atoms with Crippen molar-refractivity contribution in [1.82, 2.24) is 4.98 Å². The first-order valence-electron chi connectivity index (χ1n) is 7.41. The highest BCUT2D eigenvalue weighted by atomic mass is 35.5. The van der Waals surface area contributed by atoms with Gasteiger partial charge < -0.3 is 15.5 Å². The maximum atomic E-state index is 12.3. The van der Waals surface area contributed by atoms with Crippen LogP contribution in [0.2, 0.25) is 5.02 Å². The van der Waals surface area contributed by atoms with Crippen molar-refractivity contribution in [3.8, 4) is 0 Å². The van der Waals surface area contributed by atoms with Crippen LogP contribution in [-0.2, 0) is 4.74 Å². The molecule has 0 aliphatic carbocycles. The molecule has 3 N–H and O–H groups in total. The molecule has 1 atom stereocenters. The Morgan fingerprint density at radius 2 is 1.91 bits per heavy atom. The summed E-state index contributed by atoms with van der Waals surface area (Å²) in [5.74, 6) is -0.416. The van der Waals surface area contributed by atoms with E-state index in [1.807, 2.05) is 42.5 Å². The second-order valence-electron chi connectivity index (χ2n) is 5.18. The minimum atomic E-state index is -0.528. The number of ether oxygens (including phenoxy) is 1. The molecule has 3 aromatic rings. The molecule has 2 aromatic carbocycles. The highest BCUT2D eigenvalue weighted by Gasteiger charge is 2.25. The predicted molar refractivity (Wildman–Crippen MR) is 91.7 cm³/mol. The Hall–Kier alpha value is -2.30. The third kappa shape index (κ3) is 2.83. The van der Waals surface area contributed by atoms with Crippen LogP contribution in [0.1, 0.15) is 34.6 Å². The number of carbonyl (C=O) groups is 1. The smallest absolute Gasteiger partial charge is 0.355 e. The molecule has 4 nitrogen and oxygen atoms in total. The lowest BCUT2D eigenvalue weighted by Gasteiger charge is -2.15. The number of para-hydroxylation sites is 1. The van der Waals surface area contributed by atoms with Crippen LogP contribution in [-0.4, -0.2) is 17.6 Å². The van der Waals surface area contributed by atoms with Gasteiger partial charge in [0, 0.05) is 21.5 Å². The summed E-state index contributed by atoms with van der Waals surface area (Å²) in [4.78, 5) is 15.4. The first kappa shape index (κ1) is 15.6. The number of benzene rings is 2. The Balaban J connectivity index is 2.20. The van der Waals surface area contributed by atoms with E-state index in [0.29, 0.717) is 22.9 Å². The number of H-pyrrole nitrogens is 1. The van der Waals surface area contributed by atoms with Gasteiger partial charge in [0.25, 0.3) is 0 Å². The number of aromatic amines is 1. The number of fused-ring (bicyclic) bond motifs is 1. The Morgan fingerprint density at radius 3 is 2.65 bits per heavy atom. The van der Waals surface area contributed by atoms with Gasteiger partial charge >= 0.3 is 5.97 Å². The number of hydrogen-bond donors (Lipinski definition) is 2. The van der Waals surface area contributed by atoms with Crippen LogP contribution in [0.5, 0.6) is 0 Å². The second kappa shape index (κ2) is 6.44. The summed E-state index contributed by atoms with van der Waals surface area (Å²) in [6, 6.07) is 14.5. The van der Waals surface area contributed by atoms with Gasteiger partial charge in [-0.25, -0.2) is 4.79 Å². The zero-order valence-electron chi connectivity index (χ0n) is 12.7. The van der Waals surface area contributed by atoms with Crippen molar-refractivity contribution >= 4 is 28.5 Å². The van der Waals surface area contributed by atoms with E-state index in [4.69, 9.17) is 22.1 Å². The van der Waals surface area contributed by atoms with Crippen LogP contribution in [0.25, 0.3) is 10.9 Å². The van der Waals surface area contributed by atoms with Gasteiger partial charge in [0.2, 0.25) is 0 Å². The Morgan fingerprint density at radius 1 is 1.22 bits per heavy atom. The highest BCUT2D eigenvalue weighted by molar-refractivity contribution is 6.31. The molecule has 1 aromatic heterocycles. The van der Waals surface area contributed by atoms with E-state index in [1.165, 1.54) is 0 Å². The molecule has 1 heterocycles. The van der Waals surface area contributed by atoms with E-state index in [2.05, 4.69) is 4.98 Å². The molecule has 118 valence electrons. The minimum absolute atomic E-state index is 0.301. The van der Waals surface area contributed by atoms with E-state index in [9.17, 15) is 4.79 Å². The summed E-state index contributed by atoms with van der Waals surface area (Å²) in [6.07, 6.45) is 0. The molecule has 0 bridgehead atoms. The van der Waals surface area contributed by atoms with Gasteiger partial charge in [-0.3, -0.25) is 0 Å². The first-order chi connectivity index (χ1) is 11.1. The van der Waals surface area contributed by atoms with Crippen LogP contribution in [0.3, 0.4) is 0 Å². The minimum Gasteiger partial charge on any atom is -0.461 e. The fourth-order valence-electron chi connectivity index (χ4n) is 2.73. The largest absolute Gasteiger partial charge is 0.461 e. The fraction of sp³-hybridized carbons (Fsp3) is 0.167. The molecule has 23 heavy (non-hydrogen) atoms. The van der Waals surface area contributed by atoms with Crippen LogP contribution in [0.4, 0.5) is 0 Å². The third-order valence-electron chi connectivity index (χ3n) is 3.78. The molecule has 0 amide bonds. The van der Waals surface area contributed by atoms with Crippen molar-refractivity contribution in [2.45, 2.75) is 13.0 Å². The van der Waals surface area contributed by atoms with Gasteiger partial charge in [0.1, 0.15) is 5.69 Å². The number of aromatic nitrogens is 1. The lowest BCUT2D eigenvalue weighted by atomic mass is 9.96. The van der Waals surface area contributed by atoms with Gasteiger partial charge in [0.15, 0.2) is 0 Å². The number of halogens is 1. The zero-order chi connectivity index (χ0) is 16.4. The van der Waals surface area contributed by atoms with E-state index in [1.54, 1.807) is 13.0 Å². The molecule has 0 radical (unpaired) electrons. The van der Waals surface area contributed by atoms with Crippen molar-refractivity contribution in [3.63, 3.8) is 0 Å². The topological polar surface area (TPSA) is 68.1 Å².